The molecule has 0 atom stereocenters. The lowest BCUT2D eigenvalue weighted by Gasteiger charge is -2.08. The largest absolute Gasteiger partial charge is 0.497 e. The van der Waals surface area contributed by atoms with E-state index in [0.29, 0.717) is 12.8 Å². The molecule has 0 saturated heterocycles. The number of anilines is 1. The smallest absolute Gasteiger partial charge is 0.224 e. The predicted molar refractivity (Wildman–Crippen MR) is 111 cm³/mol. The first-order chi connectivity index (χ1) is 13.7. The summed E-state index contributed by atoms with van der Waals surface area (Å²) in [4.78, 5) is 19.8. The van der Waals surface area contributed by atoms with E-state index in [9.17, 15) is 4.79 Å². The normalized spacial score (nSPS) is 10.8. The molecule has 0 bridgehead atoms. The number of amides is 1. The highest BCUT2D eigenvalue weighted by Crippen LogP contribution is 2.23. The number of nitrogens with zero attached hydrogens (tertiary/aromatic N) is 1. The highest BCUT2D eigenvalue weighted by atomic mass is 16.5. The Morgan fingerprint density at radius 3 is 2.75 bits per heavy atom. The van der Waals surface area contributed by atoms with Crippen LogP contribution in [-0.4, -0.2) is 23.0 Å². The predicted octanol–water partition coefficient (Wildman–Crippen LogP) is 4.81. The maximum absolute atomic E-state index is 12.3. The summed E-state index contributed by atoms with van der Waals surface area (Å²) in [5.41, 5.74) is 4.94. The van der Waals surface area contributed by atoms with Crippen LogP contribution in [0, 0.1) is 0 Å². The number of methoxy groups -OCH3 is 1. The van der Waals surface area contributed by atoms with Crippen LogP contribution in [0.2, 0.25) is 0 Å². The zero-order valence-electron chi connectivity index (χ0n) is 15.6. The van der Waals surface area contributed by atoms with Crippen molar-refractivity contribution in [2.75, 3.05) is 12.4 Å². The minimum absolute atomic E-state index is 0.00835. The van der Waals surface area contributed by atoms with Crippen molar-refractivity contribution in [1.82, 2.24) is 9.97 Å². The minimum Gasteiger partial charge on any atom is -0.497 e. The number of fused-ring (bicyclic) bond motifs is 1. The van der Waals surface area contributed by atoms with Crippen LogP contribution in [0.5, 0.6) is 5.75 Å². The molecule has 0 fully saturated rings. The number of nitrogens with one attached hydrogen (secondary N) is 2. The van der Waals surface area contributed by atoms with Crippen LogP contribution >= 0.6 is 0 Å². The molecule has 2 N–H and O–H groups in total. The third-order valence-corrected chi connectivity index (χ3v) is 4.67. The van der Waals surface area contributed by atoms with Crippen molar-refractivity contribution in [1.29, 1.82) is 0 Å². The number of carbonyl (C=O) groups excluding carboxylic acids is 1. The Morgan fingerprint density at radius 2 is 1.93 bits per heavy atom. The van der Waals surface area contributed by atoms with Gasteiger partial charge in [0.25, 0.3) is 0 Å². The molecule has 2 heterocycles. The number of hydrogen-bond donors (Lipinski definition) is 2. The number of H-pyrrole nitrogens is 1. The fraction of sp³-hybridized carbons (Fsp3) is 0.130. The number of rotatable bonds is 6. The third-order valence-electron chi connectivity index (χ3n) is 4.67. The van der Waals surface area contributed by atoms with Gasteiger partial charge in [-0.3, -0.25) is 4.79 Å². The van der Waals surface area contributed by atoms with E-state index in [4.69, 9.17) is 4.74 Å². The van der Waals surface area contributed by atoms with Crippen molar-refractivity contribution in [3.05, 3.63) is 78.6 Å². The van der Waals surface area contributed by atoms with Gasteiger partial charge in [0.2, 0.25) is 5.91 Å². The lowest BCUT2D eigenvalue weighted by molar-refractivity contribution is -0.116. The molecule has 2 aromatic carbocycles. The number of benzene rings is 2. The van der Waals surface area contributed by atoms with Crippen LogP contribution in [0.15, 0.2) is 73.1 Å². The third kappa shape index (κ3) is 4.04. The van der Waals surface area contributed by atoms with Gasteiger partial charge in [0.05, 0.1) is 7.11 Å². The number of aryl methyl sites for hydroxylation is 1. The summed E-state index contributed by atoms with van der Waals surface area (Å²) in [5.74, 6) is 0.758. The number of carbonyl (C=O) groups is 1. The fourth-order valence-electron chi connectivity index (χ4n) is 3.16. The van der Waals surface area contributed by atoms with Crippen molar-refractivity contribution >= 4 is 22.6 Å². The Kier molecular flexibility index (Phi) is 5.06. The van der Waals surface area contributed by atoms with E-state index in [1.54, 1.807) is 7.11 Å². The molecular formula is C23H21N3O2. The molecule has 0 aliphatic heterocycles. The van der Waals surface area contributed by atoms with Crippen molar-refractivity contribution in [3.8, 4) is 16.9 Å². The van der Waals surface area contributed by atoms with E-state index in [1.807, 2.05) is 54.9 Å². The fourth-order valence-corrected chi connectivity index (χ4v) is 3.16. The monoisotopic (exact) mass is 371 g/mol. The standard InChI is InChI=1S/C23H21N3O2/c1-28-21-8-6-20(7-9-21)26-22(27)10-5-16-3-2-4-17(13-16)19-14-18-11-12-24-23(18)25-15-19/h2-4,6-9,11-15H,5,10H2,1H3,(H,24,25)(H,26,27). The molecule has 1 amide bonds. The summed E-state index contributed by atoms with van der Waals surface area (Å²) in [6.45, 7) is 0. The summed E-state index contributed by atoms with van der Waals surface area (Å²) in [5, 5.41) is 4.00. The van der Waals surface area contributed by atoms with Gasteiger partial charge in [-0.05, 0) is 53.9 Å². The molecule has 4 aromatic rings. The van der Waals surface area contributed by atoms with Crippen molar-refractivity contribution in [2.45, 2.75) is 12.8 Å². The van der Waals surface area contributed by atoms with Gasteiger partial charge in [-0.2, -0.15) is 0 Å². The zero-order chi connectivity index (χ0) is 19.3. The number of hydrogen-bond acceptors (Lipinski definition) is 3. The van der Waals surface area contributed by atoms with E-state index in [-0.39, 0.29) is 5.91 Å². The van der Waals surface area contributed by atoms with Gasteiger partial charge in [0.15, 0.2) is 0 Å². The average molecular weight is 371 g/mol. The second kappa shape index (κ2) is 7.96. The van der Waals surface area contributed by atoms with Crippen LogP contribution in [-0.2, 0) is 11.2 Å². The molecule has 0 unspecified atom stereocenters. The van der Waals surface area contributed by atoms with Gasteiger partial charge >= 0.3 is 0 Å². The summed E-state index contributed by atoms with van der Waals surface area (Å²) >= 11 is 0. The van der Waals surface area contributed by atoms with Crippen LogP contribution in [0.3, 0.4) is 0 Å². The second-order valence-electron chi connectivity index (χ2n) is 6.62. The first-order valence-corrected chi connectivity index (χ1v) is 9.17. The van der Waals surface area contributed by atoms with Crippen molar-refractivity contribution < 1.29 is 9.53 Å². The van der Waals surface area contributed by atoms with E-state index in [2.05, 4.69) is 33.5 Å². The number of aromatic amines is 1. The zero-order valence-corrected chi connectivity index (χ0v) is 15.6. The van der Waals surface area contributed by atoms with Crippen molar-refractivity contribution in [3.63, 3.8) is 0 Å². The molecule has 0 aliphatic rings. The quantitative estimate of drug-likeness (QED) is 0.511. The first kappa shape index (κ1) is 17.8. The van der Waals surface area contributed by atoms with Crippen LogP contribution in [0.25, 0.3) is 22.2 Å². The van der Waals surface area contributed by atoms with Gasteiger partial charge in [0, 0.05) is 35.5 Å². The van der Waals surface area contributed by atoms with Gasteiger partial charge in [0.1, 0.15) is 11.4 Å². The molecule has 5 nitrogen and oxygen atoms in total. The van der Waals surface area contributed by atoms with Crippen LogP contribution < -0.4 is 10.1 Å². The molecule has 0 radical (unpaired) electrons. The molecule has 5 heteroatoms. The van der Waals surface area contributed by atoms with Gasteiger partial charge in [-0.1, -0.05) is 24.3 Å². The molecule has 2 aromatic heterocycles. The Hall–Kier alpha value is -3.60. The van der Waals surface area contributed by atoms with Crippen molar-refractivity contribution in [2.24, 2.45) is 0 Å². The lowest BCUT2D eigenvalue weighted by Crippen LogP contribution is -2.12. The molecular weight excluding hydrogens is 350 g/mol. The number of ether oxygens (including phenoxy) is 1. The lowest BCUT2D eigenvalue weighted by atomic mass is 10.0. The molecule has 28 heavy (non-hydrogen) atoms. The van der Waals surface area contributed by atoms with E-state index in [1.165, 1.54) is 0 Å². The number of aromatic nitrogens is 2. The Labute approximate surface area is 163 Å². The Morgan fingerprint density at radius 1 is 1.07 bits per heavy atom. The summed E-state index contributed by atoms with van der Waals surface area (Å²) in [6.07, 6.45) is 4.86. The molecule has 0 aliphatic carbocycles. The van der Waals surface area contributed by atoms with E-state index >= 15 is 0 Å². The Balaban J connectivity index is 1.40. The van der Waals surface area contributed by atoms with Crippen LogP contribution in [0.4, 0.5) is 5.69 Å². The molecule has 4 rings (SSSR count). The average Bonchev–Trinajstić information content (AvgIpc) is 3.21. The SMILES string of the molecule is COc1ccc(NC(=O)CCc2cccc(-c3cnc4[nH]ccc4c3)c2)cc1. The molecule has 0 spiro atoms. The maximum Gasteiger partial charge on any atom is 0.224 e. The number of pyridine rings is 1. The summed E-state index contributed by atoms with van der Waals surface area (Å²) in [7, 11) is 1.62. The minimum atomic E-state index is -0.00835. The first-order valence-electron chi connectivity index (χ1n) is 9.17. The van der Waals surface area contributed by atoms with Crippen LogP contribution in [0.1, 0.15) is 12.0 Å². The van der Waals surface area contributed by atoms with E-state index in [0.717, 1.165) is 39.2 Å². The second-order valence-corrected chi connectivity index (χ2v) is 6.62. The van der Waals surface area contributed by atoms with E-state index < -0.39 is 0 Å². The topological polar surface area (TPSA) is 67.0 Å². The Bertz CT molecular complexity index is 1100. The highest BCUT2D eigenvalue weighted by molar-refractivity contribution is 5.91. The van der Waals surface area contributed by atoms with Gasteiger partial charge in [-0.25, -0.2) is 4.98 Å². The summed E-state index contributed by atoms with van der Waals surface area (Å²) < 4.78 is 5.13. The maximum atomic E-state index is 12.3. The van der Waals surface area contributed by atoms with Gasteiger partial charge in [-0.15, -0.1) is 0 Å². The summed E-state index contributed by atoms with van der Waals surface area (Å²) in [6, 6.07) is 19.7. The van der Waals surface area contributed by atoms with Gasteiger partial charge < -0.3 is 15.0 Å². The highest BCUT2D eigenvalue weighted by Gasteiger charge is 2.06. The molecule has 0 saturated carbocycles. The molecule has 140 valence electrons.